The molecule has 0 aliphatic carbocycles. The molecule has 0 unspecified atom stereocenters. The molecule has 9 nitrogen and oxygen atoms in total. The Kier molecular flexibility index (Phi) is 5.95. The molecule has 0 fully saturated rings. The fourth-order valence-corrected chi connectivity index (χ4v) is 2.17. The monoisotopic (exact) mass is 342 g/mol. The van der Waals surface area contributed by atoms with Crippen molar-refractivity contribution in [2.75, 3.05) is 24.7 Å². The van der Waals surface area contributed by atoms with Crippen LogP contribution in [0, 0.1) is 11.3 Å². The zero-order valence-corrected chi connectivity index (χ0v) is 13.6. The summed E-state index contributed by atoms with van der Waals surface area (Å²) in [5.74, 6) is -0.925. The van der Waals surface area contributed by atoms with Crippen molar-refractivity contribution < 1.29 is 14.3 Å². The van der Waals surface area contributed by atoms with E-state index in [0.717, 1.165) is 0 Å². The number of nitrogens with two attached hydrogens (primary N) is 1. The highest BCUT2D eigenvalue weighted by molar-refractivity contribution is 6.39. The largest absolute Gasteiger partial charge is 0.495 e. The molecule has 0 spiro atoms. The third-order valence-electron chi connectivity index (χ3n) is 3.43. The van der Waals surface area contributed by atoms with Gasteiger partial charge in [0.25, 0.3) is 0 Å². The number of para-hydroxylation sites is 2. The smallest absolute Gasteiger partial charge is 0.313 e. The first kappa shape index (κ1) is 17.8. The minimum absolute atomic E-state index is 0.151. The summed E-state index contributed by atoms with van der Waals surface area (Å²) < 4.78 is 5.10. The van der Waals surface area contributed by atoms with Crippen LogP contribution in [0.2, 0.25) is 0 Å². The number of aryl methyl sites for hydroxylation is 1. The number of aromatic nitrogens is 2. The molecule has 25 heavy (non-hydrogen) atoms. The topological polar surface area (TPSA) is 146 Å². The van der Waals surface area contributed by atoms with Gasteiger partial charge in [-0.3, -0.25) is 14.7 Å². The maximum Gasteiger partial charge on any atom is 0.313 e. The number of carbonyl (C=O) groups is 2. The molecule has 0 radical (unpaired) electrons. The van der Waals surface area contributed by atoms with Gasteiger partial charge in [-0.25, -0.2) is 0 Å². The molecule has 5 N–H and O–H groups in total. The normalized spacial score (nSPS) is 9.92. The Balaban J connectivity index is 1.80. The van der Waals surface area contributed by atoms with Crippen molar-refractivity contribution in [1.82, 2.24) is 15.5 Å². The van der Waals surface area contributed by atoms with Crippen LogP contribution >= 0.6 is 0 Å². The lowest BCUT2D eigenvalue weighted by Gasteiger charge is -2.09. The van der Waals surface area contributed by atoms with Crippen molar-refractivity contribution in [3.8, 4) is 11.8 Å². The number of hydrogen-bond donors (Lipinski definition) is 4. The molecule has 0 bridgehead atoms. The molecular formula is C16H18N6O3. The Bertz CT molecular complexity index is 808. The highest BCUT2D eigenvalue weighted by atomic mass is 16.5. The number of rotatable bonds is 6. The van der Waals surface area contributed by atoms with E-state index in [2.05, 4.69) is 20.8 Å². The number of nitrogen functional groups attached to an aromatic ring is 1. The summed E-state index contributed by atoms with van der Waals surface area (Å²) in [4.78, 5) is 23.7. The van der Waals surface area contributed by atoms with Gasteiger partial charge >= 0.3 is 11.8 Å². The number of nitrogens with zero attached hydrogens (tertiary/aromatic N) is 2. The fraction of sp³-hybridized carbons (Fsp3) is 0.250. The van der Waals surface area contributed by atoms with Gasteiger partial charge in [0.2, 0.25) is 0 Å². The first-order chi connectivity index (χ1) is 12.1. The van der Waals surface area contributed by atoms with Crippen LogP contribution in [0.25, 0.3) is 0 Å². The number of benzene rings is 1. The number of hydrogen-bond acceptors (Lipinski definition) is 6. The van der Waals surface area contributed by atoms with Gasteiger partial charge in [-0.15, -0.1) is 0 Å². The lowest BCUT2D eigenvalue weighted by atomic mass is 10.1. The molecule has 130 valence electrons. The molecule has 2 amide bonds. The number of nitrogens with one attached hydrogen (secondary N) is 3. The number of nitriles is 1. The molecule has 1 aromatic carbocycles. The number of carbonyl (C=O) groups excluding carboxylic acids is 2. The van der Waals surface area contributed by atoms with Crippen LogP contribution < -0.4 is 21.1 Å². The molecule has 0 saturated carbocycles. The van der Waals surface area contributed by atoms with Crippen LogP contribution in [0.1, 0.15) is 17.7 Å². The van der Waals surface area contributed by atoms with Crippen molar-refractivity contribution in [3.05, 3.63) is 35.5 Å². The summed E-state index contributed by atoms with van der Waals surface area (Å²) in [6.07, 6.45) is 0.992. The average Bonchev–Trinajstić information content (AvgIpc) is 2.98. The third-order valence-corrected chi connectivity index (χ3v) is 3.43. The van der Waals surface area contributed by atoms with Crippen molar-refractivity contribution in [1.29, 1.82) is 5.26 Å². The van der Waals surface area contributed by atoms with Gasteiger partial charge in [0.1, 0.15) is 17.4 Å². The molecule has 0 atom stereocenters. The minimum Gasteiger partial charge on any atom is -0.495 e. The first-order valence-corrected chi connectivity index (χ1v) is 7.51. The number of amides is 2. The van der Waals surface area contributed by atoms with E-state index in [-0.39, 0.29) is 12.4 Å². The zero-order chi connectivity index (χ0) is 18.2. The number of anilines is 2. The summed E-state index contributed by atoms with van der Waals surface area (Å²) in [5.41, 5.74) is 6.87. The van der Waals surface area contributed by atoms with Crippen LogP contribution in [-0.4, -0.2) is 35.7 Å². The molecule has 0 aliphatic heterocycles. The van der Waals surface area contributed by atoms with Gasteiger partial charge < -0.3 is 21.1 Å². The van der Waals surface area contributed by atoms with Crippen molar-refractivity contribution in [2.45, 2.75) is 12.8 Å². The van der Waals surface area contributed by atoms with E-state index >= 15 is 0 Å². The zero-order valence-electron chi connectivity index (χ0n) is 13.6. The second-order valence-corrected chi connectivity index (χ2v) is 5.09. The third kappa shape index (κ3) is 4.48. The first-order valence-electron chi connectivity index (χ1n) is 7.51. The van der Waals surface area contributed by atoms with Crippen molar-refractivity contribution in [3.63, 3.8) is 0 Å². The summed E-state index contributed by atoms with van der Waals surface area (Å²) >= 11 is 0. The van der Waals surface area contributed by atoms with Gasteiger partial charge in [-0.2, -0.15) is 10.4 Å². The molecule has 2 aromatic rings. The molecule has 9 heteroatoms. The van der Waals surface area contributed by atoms with E-state index in [1.54, 1.807) is 24.3 Å². The van der Waals surface area contributed by atoms with Crippen LogP contribution in [0.4, 0.5) is 11.5 Å². The SMILES string of the molecule is COc1ccccc1NC(=O)C(=O)NCCCc1[nH]nc(N)c1C#N. The van der Waals surface area contributed by atoms with Crippen LogP contribution in [0.5, 0.6) is 5.75 Å². The Morgan fingerprint density at radius 1 is 1.36 bits per heavy atom. The predicted octanol–water partition coefficient (Wildman–Crippen LogP) is 0.560. The molecule has 2 rings (SSSR count). The van der Waals surface area contributed by atoms with Gasteiger partial charge in [-0.1, -0.05) is 12.1 Å². The average molecular weight is 342 g/mol. The molecule has 0 saturated heterocycles. The number of ether oxygens (including phenoxy) is 1. The summed E-state index contributed by atoms with van der Waals surface area (Å²) in [6, 6.07) is 8.76. The fourth-order valence-electron chi connectivity index (χ4n) is 2.17. The maximum atomic E-state index is 11.9. The summed E-state index contributed by atoms with van der Waals surface area (Å²) in [7, 11) is 1.47. The minimum atomic E-state index is -0.784. The number of methoxy groups -OCH3 is 1. The molecule has 1 aromatic heterocycles. The standard InChI is InChI=1S/C16H18N6O3/c1-25-13-7-3-2-5-12(13)20-16(24)15(23)19-8-4-6-11-10(9-17)14(18)22-21-11/h2-3,5,7H,4,6,8H2,1H3,(H,19,23)(H,20,24)(H3,18,21,22). The summed E-state index contributed by atoms with van der Waals surface area (Å²) in [6.45, 7) is 0.266. The Morgan fingerprint density at radius 3 is 2.84 bits per heavy atom. The predicted molar refractivity (Wildman–Crippen MR) is 90.7 cm³/mol. The van der Waals surface area contributed by atoms with Crippen molar-refractivity contribution in [2.24, 2.45) is 0 Å². The van der Waals surface area contributed by atoms with Crippen LogP contribution in [0.15, 0.2) is 24.3 Å². The van der Waals surface area contributed by atoms with Gasteiger partial charge in [0.15, 0.2) is 5.82 Å². The van der Waals surface area contributed by atoms with E-state index in [4.69, 9.17) is 15.7 Å². The Morgan fingerprint density at radius 2 is 2.12 bits per heavy atom. The van der Waals surface area contributed by atoms with E-state index in [9.17, 15) is 9.59 Å². The lowest BCUT2D eigenvalue weighted by molar-refractivity contribution is -0.136. The highest BCUT2D eigenvalue weighted by Crippen LogP contribution is 2.22. The van der Waals surface area contributed by atoms with Crippen LogP contribution in [-0.2, 0) is 16.0 Å². The molecule has 1 heterocycles. The maximum absolute atomic E-state index is 11.9. The second kappa shape index (κ2) is 8.35. The van der Waals surface area contributed by atoms with E-state index < -0.39 is 11.8 Å². The van der Waals surface area contributed by atoms with E-state index in [1.807, 2.05) is 6.07 Å². The Labute approximate surface area is 144 Å². The van der Waals surface area contributed by atoms with Crippen molar-refractivity contribution >= 4 is 23.3 Å². The van der Waals surface area contributed by atoms with Gasteiger partial charge in [0.05, 0.1) is 18.5 Å². The Hall–Kier alpha value is -3.54. The van der Waals surface area contributed by atoms with E-state index in [1.165, 1.54) is 7.11 Å². The number of H-pyrrole nitrogens is 1. The highest BCUT2D eigenvalue weighted by Gasteiger charge is 2.15. The quantitative estimate of drug-likeness (QED) is 0.445. The van der Waals surface area contributed by atoms with E-state index in [0.29, 0.717) is 35.5 Å². The lowest BCUT2D eigenvalue weighted by Crippen LogP contribution is -2.36. The number of aromatic amines is 1. The van der Waals surface area contributed by atoms with Crippen LogP contribution in [0.3, 0.4) is 0 Å². The molecule has 0 aliphatic rings. The molecular weight excluding hydrogens is 324 g/mol. The van der Waals surface area contributed by atoms with Gasteiger partial charge in [-0.05, 0) is 25.0 Å². The summed E-state index contributed by atoms with van der Waals surface area (Å²) in [5, 5.41) is 20.4. The second-order valence-electron chi connectivity index (χ2n) is 5.09. The van der Waals surface area contributed by atoms with Gasteiger partial charge in [0, 0.05) is 6.54 Å².